The molecule has 4 aromatic carbocycles. The van der Waals surface area contributed by atoms with Crippen LogP contribution in [0.2, 0.25) is 0 Å². The van der Waals surface area contributed by atoms with Crippen LogP contribution in [0.15, 0.2) is 114 Å². The second-order valence-electron chi connectivity index (χ2n) is 9.93. The van der Waals surface area contributed by atoms with Gasteiger partial charge >= 0.3 is 0 Å². The molecule has 8 nitrogen and oxygen atoms in total. The first-order chi connectivity index (χ1) is 20.6. The average molecular weight is 665 g/mol. The van der Waals surface area contributed by atoms with Crippen molar-refractivity contribution >= 4 is 43.5 Å². The van der Waals surface area contributed by atoms with E-state index in [0.717, 1.165) is 26.2 Å². The molecule has 0 aromatic heterocycles. The number of nitrogens with one attached hydrogen (secondary N) is 1. The van der Waals surface area contributed by atoms with Gasteiger partial charge < -0.3 is 15.0 Å². The number of ether oxygens (including phenoxy) is 1. The highest BCUT2D eigenvalue weighted by atomic mass is 79.9. The van der Waals surface area contributed by atoms with Gasteiger partial charge in [-0.25, -0.2) is 8.42 Å². The molecule has 0 unspecified atom stereocenters. The van der Waals surface area contributed by atoms with E-state index in [2.05, 4.69) is 21.2 Å². The number of rotatable bonds is 13. The van der Waals surface area contributed by atoms with E-state index in [1.165, 1.54) is 4.90 Å². The van der Waals surface area contributed by atoms with Gasteiger partial charge in [-0.2, -0.15) is 0 Å². The number of benzene rings is 4. The van der Waals surface area contributed by atoms with Crippen LogP contribution in [0.4, 0.5) is 5.69 Å². The van der Waals surface area contributed by atoms with Crippen molar-refractivity contribution in [3.05, 3.63) is 125 Å². The molecular formula is C33H34BrN3O5S. The molecule has 0 aliphatic carbocycles. The smallest absolute Gasteiger partial charge is 0.244 e. The normalized spacial score (nSPS) is 11.8. The van der Waals surface area contributed by atoms with E-state index in [-0.39, 0.29) is 18.9 Å². The Morgan fingerprint density at radius 1 is 0.837 bits per heavy atom. The van der Waals surface area contributed by atoms with Crippen molar-refractivity contribution in [1.82, 2.24) is 10.2 Å². The number of hydrogen-bond donors (Lipinski definition) is 1. The Balaban J connectivity index is 1.66. The van der Waals surface area contributed by atoms with Gasteiger partial charge in [-0.1, -0.05) is 76.6 Å². The highest BCUT2D eigenvalue weighted by Gasteiger charge is 2.32. The molecule has 0 bridgehead atoms. The van der Waals surface area contributed by atoms with Gasteiger partial charge in [0, 0.05) is 24.0 Å². The molecule has 43 heavy (non-hydrogen) atoms. The van der Waals surface area contributed by atoms with Crippen molar-refractivity contribution in [3.63, 3.8) is 0 Å². The predicted octanol–water partition coefficient (Wildman–Crippen LogP) is 5.78. The van der Waals surface area contributed by atoms with Gasteiger partial charge in [0.25, 0.3) is 0 Å². The zero-order valence-corrected chi connectivity index (χ0v) is 26.4. The number of hydrogen-bond acceptors (Lipinski definition) is 5. The topological polar surface area (TPSA) is 96.0 Å². The minimum atomic E-state index is -3.88. The lowest BCUT2D eigenvalue weighted by molar-refractivity contribution is -0.140. The number of likely N-dealkylation sites (N-methyl/N-ethyl adjacent to an activating group) is 1. The van der Waals surface area contributed by atoms with Crippen LogP contribution < -0.4 is 14.4 Å². The van der Waals surface area contributed by atoms with Crippen LogP contribution in [0, 0.1) is 0 Å². The number of carbonyl (C=O) groups excluding carboxylic acids is 2. The molecule has 0 radical (unpaired) electrons. The largest absolute Gasteiger partial charge is 0.457 e. The van der Waals surface area contributed by atoms with Crippen molar-refractivity contribution in [2.24, 2.45) is 0 Å². The number of sulfonamides is 1. The maximum Gasteiger partial charge on any atom is 0.244 e. The number of halogens is 1. The minimum Gasteiger partial charge on any atom is -0.457 e. The molecule has 1 N–H and O–H groups in total. The molecule has 0 fully saturated rings. The van der Waals surface area contributed by atoms with E-state index in [4.69, 9.17) is 4.74 Å². The Kier molecular flexibility index (Phi) is 11.0. The van der Waals surface area contributed by atoms with Crippen LogP contribution in [-0.4, -0.2) is 50.5 Å². The van der Waals surface area contributed by atoms with E-state index >= 15 is 0 Å². The molecule has 0 heterocycles. The summed E-state index contributed by atoms with van der Waals surface area (Å²) < 4.78 is 33.7. The number of anilines is 1. The van der Waals surface area contributed by atoms with E-state index in [1.807, 2.05) is 91.9 Å². The zero-order chi connectivity index (χ0) is 30.8. The molecule has 10 heteroatoms. The summed E-state index contributed by atoms with van der Waals surface area (Å²) in [7, 11) is -3.88. The van der Waals surface area contributed by atoms with Gasteiger partial charge in [0.1, 0.15) is 24.1 Å². The minimum absolute atomic E-state index is 0.106. The zero-order valence-electron chi connectivity index (χ0n) is 24.0. The summed E-state index contributed by atoms with van der Waals surface area (Å²) in [6, 6.07) is 31.7. The lowest BCUT2D eigenvalue weighted by atomic mass is 10.0. The average Bonchev–Trinajstić information content (AvgIpc) is 2.99. The van der Waals surface area contributed by atoms with Gasteiger partial charge in [-0.05, 0) is 66.6 Å². The second kappa shape index (κ2) is 14.8. The number of carbonyl (C=O) groups is 2. The first-order valence-corrected chi connectivity index (χ1v) is 16.4. The standard InChI is InChI=1S/C33H34BrN3O5S/c1-3-35-33(39)31(22-25-11-6-4-7-12-25)36(23-26-13-10-14-27(34)21-26)32(38)24-37(43(2,40)41)28-17-19-30(20-18-28)42-29-15-8-5-9-16-29/h4-21,31H,3,22-24H2,1-2H3,(H,35,39)/t31-/m1/s1. The third-order valence-corrected chi connectivity index (χ3v) is 8.28. The molecule has 1 atom stereocenters. The Labute approximate surface area is 261 Å². The molecule has 4 aromatic rings. The van der Waals surface area contributed by atoms with E-state index in [0.29, 0.717) is 23.7 Å². The third-order valence-electron chi connectivity index (χ3n) is 6.65. The number of amides is 2. The van der Waals surface area contributed by atoms with Crippen LogP contribution in [0.5, 0.6) is 11.5 Å². The Bertz CT molecular complexity index is 1620. The van der Waals surface area contributed by atoms with Crippen LogP contribution >= 0.6 is 15.9 Å². The summed E-state index contributed by atoms with van der Waals surface area (Å²) >= 11 is 3.48. The predicted molar refractivity (Wildman–Crippen MR) is 172 cm³/mol. The number of nitrogens with zero attached hydrogens (tertiary/aromatic N) is 2. The van der Waals surface area contributed by atoms with Crippen LogP contribution in [-0.2, 0) is 32.6 Å². The maximum atomic E-state index is 14.1. The molecule has 0 aliphatic rings. The fourth-order valence-electron chi connectivity index (χ4n) is 4.60. The van der Waals surface area contributed by atoms with Crippen LogP contribution in [0.3, 0.4) is 0 Å². The monoisotopic (exact) mass is 663 g/mol. The van der Waals surface area contributed by atoms with Gasteiger partial charge in [0.05, 0.1) is 11.9 Å². The van der Waals surface area contributed by atoms with Crippen molar-refractivity contribution in [2.75, 3.05) is 23.7 Å². The molecular weight excluding hydrogens is 630 g/mol. The molecule has 0 saturated heterocycles. The maximum absolute atomic E-state index is 14.1. The first kappa shape index (κ1) is 31.8. The summed E-state index contributed by atoms with van der Waals surface area (Å²) in [5.74, 6) is 0.332. The SMILES string of the molecule is CCNC(=O)[C@@H](Cc1ccccc1)N(Cc1cccc(Br)c1)C(=O)CN(c1ccc(Oc2ccccc2)cc1)S(C)(=O)=O. The second-order valence-corrected chi connectivity index (χ2v) is 12.8. The fraction of sp³-hybridized carbons (Fsp3) is 0.212. The van der Waals surface area contributed by atoms with E-state index in [1.54, 1.807) is 24.3 Å². The Hall–Kier alpha value is -4.15. The Morgan fingerprint density at radius 3 is 2.05 bits per heavy atom. The lowest BCUT2D eigenvalue weighted by Crippen LogP contribution is -2.53. The van der Waals surface area contributed by atoms with Crippen molar-refractivity contribution < 1.29 is 22.7 Å². The summed E-state index contributed by atoms with van der Waals surface area (Å²) in [5.41, 5.74) is 1.97. The van der Waals surface area contributed by atoms with E-state index in [9.17, 15) is 18.0 Å². The highest BCUT2D eigenvalue weighted by Crippen LogP contribution is 2.26. The summed E-state index contributed by atoms with van der Waals surface area (Å²) in [6.45, 7) is 1.81. The summed E-state index contributed by atoms with van der Waals surface area (Å²) in [4.78, 5) is 29.0. The molecule has 224 valence electrons. The van der Waals surface area contributed by atoms with Crippen molar-refractivity contribution in [2.45, 2.75) is 25.9 Å². The summed E-state index contributed by atoms with van der Waals surface area (Å²) in [6.07, 6.45) is 1.31. The molecule has 2 amide bonds. The molecule has 0 aliphatic heterocycles. The first-order valence-electron chi connectivity index (χ1n) is 13.8. The molecule has 0 saturated carbocycles. The summed E-state index contributed by atoms with van der Waals surface area (Å²) in [5, 5.41) is 2.85. The fourth-order valence-corrected chi connectivity index (χ4v) is 5.89. The third kappa shape index (κ3) is 9.17. The van der Waals surface area contributed by atoms with Gasteiger partial charge in [0.15, 0.2) is 0 Å². The van der Waals surface area contributed by atoms with E-state index < -0.39 is 28.5 Å². The lowest BCUT2D eigenvalue weighted by Gasteiger charge is -2.33. The Morgan fingerprint density at radius 2 is 1.44 bits per heavy atom. The van der Waals surface area contributed by atoms with Crippen LogP contribution in [0.25, 0.3) is 0 Å². The highest BCUT2D eigenvalue weighted by molar-refractivity contribution is 9.10. The molecule has 4 rings (SSSR count). The quantitative estimate of drug-likeness (QED) is 0.196. The van der Waals surface area contributed by atoms with Gasteiger partial charge in [-0.3, -0.25) is 13.9 Å². The molecule has 0 spiro atoms. The van der Waals surface area contributed by atoms with Crippen molar-refractivity contribution in [1.29, 1.82) is 0 Å². The van der Waals surface area contributed by atoms with Gasteiger partial charge in [0.2, 0.25) is 21.8 Å². The van der Waals surface area contributed by atoms with Crippen molar-refractivity contribution in [3.8, 4) is 11.5 Å². The van der Waals surface area contributed by atoms with Crippen LogP contribution in [0.1, 0.15) is 18.1 Å². The number of para-hydroxylation sites is 1. The van der Waals surface area contributed by atoms with Gasteiger partial charge in [-0.15, -0.1) is 0 Å².